The molecule has 158 valence electrons. The highest BCUT2D eigenvalue weighted by Gasteiger charge is 2.19. The van der Waals surface area contributed by atoms with Gasteiger partial charge in [0.1, 0.15) is 5.69 Å². The lowest BCUT2D eigenvalue weighted by atomic mass is 10.2. The first-order valence-corrected chi connectivity index (χ1v) is 10.00. The molecule has 30 heavy (non-hydrogen) atoms. The SMILES string of the molecule is CCN(CC)Cc1ccnc(Oc2ccc(Cl)c3cc(C(=O)N(C)C(=N)N)[nH]c23)c1. The first kappa shape index (κ1) is 21.6. The molecule has 9 heteroatoms. The van der Waals surface area contributed by atoms with Crippen LogP contribution in [0.4, 0.5) is 0 Å². The van der Waals surface area contributed by atoms with E-state index in [4.69, 9.17) is 27.5 Å². The first-order valence-electron chi connectivity index (χ1n) is 9.62. The lowest BCUT2D eigenvalue weighted by Gasteiger charge is -2.18. The molecule has 0 atom stereocenters. The summed E-state index contributed by atoms with van der Waals surface area (Å²) in [6, 6.07) is 8.91. The third-order valence-corrected chi connectivity index (χ3v) is 5.24. The van der Waals surface area contributed by atoms with Crippen molar-refractivity contribution in [2.24, 2.45) is 5.73 Å². The van der Waals surface area contributed by atoms with E-state index in [9.17, 15) is 4.79 Å². The number of carbonyl (C=O) groups is 1. The monoisotopic (exact) mass is 428 g/mol. The molecular weight excluding hydrogens is 404 g/mol. The summed E-state index contributed by atoms with van der Waals surface area (Å²) in [6.07, 6.45) is 1.72. The summed E-state index contributed by atoms with van der Waals surface area (Å²) in [5.41, 5.74) is 7.33. The molecule has 0 bridgehead atoms. The zero-order valence-electron chi connectivity index (χ0n) is 17.2. The van der Waals surface area contributed by atoms with Crippen LogP contribution in [0, 0.1) is 5.41 Å². The van der Waals surface area contributed by atoms with Gasteiger partial charge in [0.25, 0.3) is 5.91 Å². The van der Waals surface area contributed by atoms with Crippen LogP contribution >= 0.6 is 11.6 Å². The van der Waals surface area contributed by atoms with Gasteiger partial charge in [-0.15, -0.1) is 0 Å². The van der Waals surface area contributed by atoms with Crippen molar-refractivity contribution in [1.29, 1.82) is 5.41 Å². The van der Waals surface area contributed by atoms with E-state index in [2.05, 4.69) is 28.7 Å². The van der Waals surface area contributed by atoms with Crippen molar-refractivity contribution in [2.75, 3.05) is 20.1 Å². The van der Waals surface area contributed by atoms with Crippen molar-refractivity contribution < 1.29 is 9.53 Å². The van der Waals surface area contributed by atoms with Gasteiger partial charge in [0.2, 0.25) is 5.88 Å². The number of rotatable bonds is 7. The second kappa shape index (κ2) is 9.15. The molecule has 0 saturated heterocycles. The van der Waals surface area contributed by atoms with Gasteiger partial charge in [-0.05, 0) is 42.9 Å². The molecule has 0 unspecified atom stereocenters. The third kappa shape index (κ3) is 4.55. The molecule has 0 spiro atoms. The van der Waals surface area contributed by atoms with Crippen LogP contribution in [0.5, 0.6) is 11.6 Å². The van der Waals surface area contributed by atoms with Gasteiger partial charge in [-0.3, -0.25) is 20.0 Å². The molecule has 0 aliphatic carbocycles. The number of amides is 1. The normalized spacial score (nSPS) is 11.1. The van der Waals surface area contributed by atoms with Gasteiger partial charge in [0, 0.05) is 31.2 Å². The summed E-state index contributed by atoms with van der Waals surface area (Å²) in [6.45, 7) is 6.97. The Labute approximate surface area is 180 Å². The lowest BCUT2D eigenvalue weighted by molar-refractivity contribution is 0.0864. The number of guanidine groups is 1. The molecule has 0 saturated carbocycles. The Morgan fingerprint density at radius 2 is 2.00 bits per heavy atom. The highest BCUT2D eigenvalue weighted by atomic mass is 35.5. The molecule has 1 amide bonds. The van der Waals surface area contributed by atoms with E-state index >= 15 is 0 Å². The van der Waals surface area contributed by atoms with Crippen molar-refractivity contribution in [3.63, 3.8) is 0 Å². The summed E-state index contributed by atoms with van der Waals surface area (Å²) < 4.78 is 6.03. The number of H-pyrrole nitrogens is 1. The van der Waals surface area contributed by atoms with Crippen LogP contribution in [0.25, 0.3) is 10.9 Å². The molecule has 2 aromatic heterocycles. The molecule has 2 heterocycles. The van der Waals surface area contributed by atoms with Crippen molar-refractivity contribution in [1.82, 2.24) is 19.8 Å². The van der Waals surface area contributed by atoms with Crippen molar-refractivity contribution in [3.8, 4) is 11.6 Å². The Morgan fingerprint density at radius 3 is 2.67 bits per heavy atom. The fourth-order valence-corrected chi connectivity index (χ4v) is 3.28. The number of nitrogens with zero attached hydrogens (tertiary/aromatic N) is 3. The number of aromatic amines is 1. The largest absolute Gasteiger partial charge is 0.437 e. The third-order valence-electron chi connectivity index (χ3n) is 4.91. The second-order valence-corrected chi connectivity index (χ2v) is 7.24. The van der Waals surface area contributed by atoms with Gasteiger partial charge in [0.05, 0.1) is 10.5 Å². The molecule has 8 nitrogen and oxygen atoms in total. The maximum absolute atomic E-state index is 12.5. The Kier molecular flexibility index (Phi) is 6.59. The standard InChI is InChI=1S/C21H25ClN6O2/c1-4-28(5-2)12-13-8-9-25-18(10-13)30-17-7-6-15(22)14-11-16(26-19(14)17)20(29)27(3)21(23)24/h6-11,26H,4-5,12H2,1-3H3,(H3,23,24). The van der Waals surface area contributed by atoms with Crippen LogP contribution in [0.1, 0.15) is 29.9 Å². The smallest absolute Gasteiger partial charge is 0.276 e. The number of benzene rings is 1. The van der Waals surface area contributed by atoms with Gasteiger partial charge in [-0.2, -0.15) is 0 Å². The number of carbonyl (C=O) groups excluding carboxylic acids is 1. The van der Waals surface area contributed by atoms with E-state index < -0.39 is 5.91 Å². The van der Waals surface area contributed by atoms with Crippen molar-refractivity contribution in [3.05, 3.63) is 52.8 Å². The van der Waals surface area contributed by atoms with Crippen LogP contribution < -0.4 is 10.5 Å². The number of halogens is 1. The highest BCUT2D eigenvalue weighted by molar-refractivity contribution is 6.35. The van der Waals surface area contributed by atoms with Crippen LogP contribution in [0.2, 0.25) is 5.02 Å². The van der Waals surface area contributed by atoms with Crippen molar-refractivity contribution in [2.45, 2.75) is 20.4 Å². The predicted octanol–water partition coefficient (Wildman–Crippen LogP) is 3.82. The zero-order valence-corrected chi connectivity index (χ0v) is 18.0. The maximum Gasteiger partial charge on any atom is 0.276 e. The number of pyridine rings is 1. The average Bonchev–Trinajstić information content (AvgIpc) is 3.20. The first-order chi connectivity index (χ1) is 14.3. The number of fused-ring (bicyclic) bond motifs is 1. The predicted molar refractivity (Wildman–Crippen MR) is 118 cm³/mol. The lowest BCUT2D eigenvalue weighted by Crippen LogP contribution is -2.38. The molecule has 1 aromatic carbocycles. The van der Waals surface area contributed by atoms with Gasteiger partial charge in [0.15, 0.2) is 11.7 Å². The van der Waals surface area contributed by atoms with Gasteiger partial charge < -0.3 is 15.5 Å². The number of hydrogen-bond donors (Lipinski definition) is 3. The minimum Gasteiger partial charge on any atom is -0.437 e. The molecule has 3 rings (SSSR count). The van der Waals surface area contributed by atoms with Crippen LogP contribution in [-0.4, -0.2) is 51.8 Å². The van der Waals surface area contributed by atoms with E-state index in [-0.39, 0.29) is 11.7 Å². The van der Waals surface area contributed by atoms with Crippen molar-refractivity contribution >= 4 is 34.4 Å². The van der Waals surface area contributed by atoms with Crippen LogP contribution in [-0.2, 0) is 6.54 Å². The number of aromatic nitrogens is 2. The minimum atomic E-state index is -0.444. The Bertz CT molecular complexity index is 1080. The topological polar surface area (TPSA) is 111 Å². The number of nitrogens with one attached hydrogen (secondary N) is 2. The number of ether oxygens (including phenoxy) is 1. The number of nitrogens with two attached hydrogens (primary N) is 1. The Morgan fingerprint density at radius 1 is 1.27 bits per heavy atom. The molecule has 0 aliphatic heterocycles. The summed E-state index contributed by atoms with van der Waals surface area (Å²) in [5.74, 6) is 0.147. The summed E-state index contributed by atoms with van der Waals surface area (Å²) in [7, 11) is 1.43. The fourth-order valence-electron chi connectivity index (χ4n) is 3.07. The van der Waals surface area contributed by atoms with E-state index in [1.165, 1.54) is 7.05 Å². The fraction of sp³-hybridized carbons (Fsp3) is 0.286. The van der Waals surface area contributed by atoms with E-state index in [1.807, 2.05) is 12.1 Å². The molecule has 0 radical (unpaired) electrons. The minimum absolute atomic E-state index is 0.254. The van der Waals surface area contributed by atoms with E-state index in [0.29, 0.717) is 27.6 Å². The maximum atomic E-state index is 12.5. The van der Waals surface area contributed by atoms with Crippen LogP contribution in [0.3, 0.4) is 0 Å². The molecule has 0 aliphatic rings. The zero-order chi connectivity index (χ0) is 21.8. The van der Waals surface area contributed by atoms with Gasteiger partial charge >= 0.3 is 0 Å². The molecule has 4 N–H and O–H groups in total. The molecule has 3 aromatic rings. The second-order valence-electron chi connectivity index (χ2n) is 6.83. The summed E-state index contributed by atoms with van der Waals surface area (Å²) >= 11 is 6.32. The summed E-state index contributed by atoms with van der Waals surface area (Å²) in [4.78, 5) is 23.2. The van der Waals surface area contributed by atoms with Gasteiger partial charge in [-0.1, -0.05) is 25.4 Å². The van der Waals surface area contributed by atoms with Crippen LogP contribution in [0.15, 0.2) is 36.5 Å². The van der Waals surface area contributed by atoms with E-state index in [1.54, 1.807) is 24.4 Å². The molecular formula is C21H25ClN6O2. The highest BCUT2D eigenvalue weighted by Crippen LogP contribution is 2.34. The van der Waals surface area contributed by atoms with Gasteiger partial charge in [-0.25, -0.2) is 4.98 Å². The summed E-state index contributed by atoms with van der Waals surface area (Å²) in [5, 5.41) is 8.56. The quantitative estimate of drug-likeness (QED) is 0.391. The number of hydrogen-bond acceptors (Lipinski definition) is 5. The Hall–Kier alpha value is -3.10. The van der Waals surface area contributed by atoms with E-state index in [0.717, 1.165) is 30.1 Å². The molecule has 0 fully saturated rings. The average molecular weight is 429 g/mol. The Balaban J connectivity index is 1.93.